The summed E-state index contributed by atoms with van der Waals surface area (Å²) in [7, 11) is 0. The minimum Gasteiger partial charge on any atom is -0.269 e. The molecule has 0 aromatic carbocycles. The van der Waals surface area contributed by atoms with Crippen LogP contribution < -0.4 is 5.56 Å². The molecule has 3 aromatic rings. The number of hydrogen-bond donors (Lipinski definition) is 0. The van der Waals surface area contributed by atoms with Crippen LogP contribution in [0.25, 0.3) is 5.65 Å². The van der Waals surface area contributed by atoms with E-state index in [-0.39, 0.29) is 34.7 Å². The van der Waals surface area contributed by atoms with Crippen molar-refractivity contribution in [2.24, 2.45) is 5.92 Å². The fraction of sp³-hybridized carbons (Fsp3) is 0.294. The lowest BCUT2D eigenvalue weighted by Gasteiger charge is -2.10. The number of aromatic nitrogens is 4. The Kier molecular flexibility index (Phi) is 4.15. The molecule has 28 heavy (non-hydrogen) atoms. The molecule has 0 saturated heterocycles. The molecule has 1 aliphatic rings. The van der Waals surface area contributed by atoms with Gasteiger partial charge in [0.2, 0.25) is 0 Å². The predicted octanol–water partition coefficient (Wildman–Crippen LogP) is 3.38. The van der Waals surface area contributed by atoms with Crippen molar-refractivity contribution in [1.29, 1.82) is 5.26 Å². The van der Waals surface area contributed by atoms with Crippen LogP contribution in [0, 0.1) is 23.1 Å². The zero-order chi connectivity index (χ0) is 20.2. The van der Waals surface area contributed by atoms with Crippen molar-refractivity contribution in [2.75, 3.05) is 0 Å². The first-order valence-corrected chi connectivity index (χ1v) is 8.48. The minimum atomic E-state index is -4.65. The normalized spacial score (nSPS) is 19.0. The standard InChI is InChI=1S/C17H10ClF4N5O/c18-13-5-12(17(20,21)22)25-26(13)7-9-4-15(28)27-14(24-9)2-1-11(19)16(27)10-3-8(10)6-23/h1-2,4-5,8,10H,3,7H2/t8-,10+/m1/s1. The quantitative estimate of drug-likeness (QED) is 0.619. The summed E-state index contributed by atoms with van der Waals surface area (Å²) >= 11 is 5.80. The van der Waals surface area contributed by atoms with Crippen LogP contribution in [0.3, 0.4) is 0 Å². The van der Waals surface area contributed by atoms with Gasteiger partial charge in [-0.3, -0.25) is 9.20 Å². The number of nitriles is 1. The first kappa shape index (κ1) is 18.4. The summed E-state index contributed by atoms with van der Waals surface area (Å²) in [5.41, 5.74) is -1.42. The summed E-state index contributed by atoms with van der Waals surface area (Å²) in [5, 5.41) is 12.1. The molecule has 2 atom stereocenters. The van der Waals surface area contributed by atoms with Gasteiger partial charge in [0.25, 0.3) is 5.56 Å². The molecule has 3 heterocycles. The molecule has 144 valence electrons. The molecule has 0 unspecified atom stereocenters. The van der Waals surface area contributed by atoms with E-state index in [1.54, 1.807) is 0 Å². The molecule has 0 N–H and O–H groups in total. The van der Waals surface area contributed by atoms with E-state index in [0.717, 1.165) is 21.2 Å². The van der Waals surface area contributed by atoms with E-state index in [1.807, 2.05) is 6.07 Å². The lowest BCUT2D eigenvalue weighted by atomic mass is 10.2. The monoisotopic (exact) mass is 411 g/mol. The number of pyridine rings is 1. The maximum Gasteiger partial charge on any atom is 0.435 e. The van der Waals surface area contributed by atoms with E-state index in [1.165, 1.54) is 6.07 Å². The Morgan fingerprint density at radius 1 is 1.32 bits per heavy atom. The van der Waals surface area contributed by atoms with Gasteiger partial charge in [-0.05, 0) is 18.6 Å². The van der Waals surface area contributed by atoms with Crippen LogP contribution in [0.1, 0.15) is 29.4 Å². The van der Waals surface area contributed by atoms with Gasteiger partial charge < -0.3 is 0 Å². The van der Waals surface area contributed by atoms with E-state index in [9.17, 15) is 22.4 Å². The summed E-state index contributed by atoms with van der Waals surface area (Å²) in [4.78, 5) is 16.8. The topological polar surface area (TPSA) is 76.0 Å². The van der Waals surface area contributed by atoms with Crippen molar-refractivity contribution in [3.63, 3.8) is 0 Å². The van der Waals surface area contributed by atoms with E-state index in [0.29, 0.717) is 12.5 Å². The maximum absolute atomic E-state index is 14.3. The van der Waals surface area contributed by atoms with Crippen LogP contribution in [0.2, 0.25) is 5.15 Å². The van der Waals surface area contributed by atoms with Gasteiger partial charge in [0.1, 0.15) is 16.6 Å². The number of halogens is 5. The summed E-state index contributed by atoms with van der Waals surface area (Å²) < 4.78 is 54.5. The fourth-order valence-corrected chi connectivity index (χ4v) is 3.30. The third-order valence-corrected chi connectivity index (χ3v) is 4.81. The van der Waals surface area contributed by atoms with Crippen molar-refractivity contribution in [2.45, 2.75) is 25.1 Å². The second-order valence-corrected chi connectivity index (χ2v) is 6.82. The molecular weight excluding hydrogens is 402 g/mol. The van der Waals surface area contributed by atoms with Gasteiger partial charge in [0.15, 0.2) is 5.69 Å². The highest BCUT2D eigenvalue weighted by Crippen LogP contribution is 2.47. The smallest absolute Gasteiger partial charge is 0.269 e. The zero-order valence-electron chi connectivity index (χ0n) is 13.9. The van der Waals surface area contributed by atoms with Crippen LogP contribution in [0.4, 0.5) is 17.6 Å². The van der Waals surface area contributed by atoms with E-state index in [4.69, 9.17) is 16.9 Å². The molecule has 0 bridgehead atoms. The molecule has 0 radical (unpaired) electrons. The van der Waals surface area contributed by atoms with Crippen LogP contribution in [-0.2, 0) is 12.7 Å². The van der Waals surface area contributed by atoms with Gasteiger partial charge in [0.05, 0.1) is 29.9 Å². The fourth-order valence-electron chi connectivity index (χ4n) is 3.10. The highest BCUT2D eigenvalue weighted by Gasteiger charge is 2.42. The van der Waals surface area contributed by atoms with Crippen molar-refractivity contribution >= 4 is 17.2 Å². The van der Waals surface area contributed by atoms with Gasteiger partial charge in [-0.25, -0.2) is 14.1 Å². The number of nitrogens with zero attached hydrogens (tertiary/aromatic N) is 5. The third kappa shape index (κ3) is 3.11. The molecule has 4 rings (SSSR count). The van der Waals surface area contributed by atoms with E-state index in [2.05, 4.69) is 10.1 Å². The van der Waals surface area contributed by atoms with Crippen molar-refractivity contribution in [1.82, 2.24) is 19.2 Å². The van der Waals surface area contributed by atoms with Crippen LogP contribution in [0.15, 0.2) is 29.1 Å². The minimum absolute atomic E-state index is 0.0876. The van der Waals surface area contributed by atoms with Crippen LogP contribution in [-0.4, -0.2) is 19.2 Å². The maximum atomic E-state index is 14.3. The van der Waals surface area contributed by atoms with Gasteiger partial charge in [-0.2, -0.15) is 23.5 Å². The molecule has 3 aromatic heterocycles. The van der Waals surface area contributed by atoms with Gasteiger partial charge in [0, 0.05) is 18.1 Å². The molecule has 1 saturated carbocycles. The Balaban J connectivity index is 1.76. The second-order valence-electron chi connectivity index (χ2n) is 6.43. The van der Waals surface area contributed by atoms with Crippen LogP contribution >= 0.6 is 11.6 Å². The van der Waals surface area contributed by atoms with Crippen molar-refractivity contribution in [3.05, 3.63) is 62.7 Å². The average molecular weight is 412 g/mol. The van der Waals surface area contributed by atoms with Crippen LogP contribution in [0.5, 0.6) is 0 Å². The van der Waals surface area contributed by atoms with Gasteiger partial charge in [-0.1, -0.05) is 11.6 Å². The Bertz CT molecular complexity index is 1190. The lowest BCUT2D eigenvalue weighted by molar-refractivity contribution is -0.141. The highest BCUT2D eigenvalue weighted by atomic mass is 35.5. The number of alkyl halides is 3. The predicted molar refractivity (Wildman–Crippen MR) is 89.2 cm³/mol. The van der Waals surface area contributed by atoms with Crippen molar-refractivity contribution in [3.8, 4) is 6.07 Å². The lowest BCUT2D eigenvalue weighted by Crippen LogP contribution is -2.21. The molecule has 0 aliphatic heterocycles. The Morgan fingerprint density at radius 3 is 2.68 bits per heavy atom. The molecule has 0 amide bonds. The summed E-state index contributed by atoms with van der Waals surface area (Å²) in [6.45, 7) is -0.266. The SMILES string of the molecule is N#C[C@H]1C[C@@H]1c1c(F)ccc2nc(Cn3nc(C(F)(F)F)cc3Cl)cc(=O)n12. The average Bonchev–Trinajstić information content (AvgIpc) is 3.30. The van der Waals surface area contributed by atoms with Gasteiger partial charge >= 0.3 is 6.18 Å². The molecule has 1 fully saturated rings. The van der Waals surface area contributed by atoms with Crippen molar-refractivity contribution < 1.29 is 17.6 Å². The summed E-state index contributed by atoms with van der Waals surface area (Å²) in [6.07, 6.45) is -4.21. The molecular formula is C17H10ClF4N5O. The summed E-state index contributed by atoms with van der Waals surface area (Å²) in [5.74, 6) is -1.37. The molecule has 11 heteroatoms. The van der Waals surface area contributed by atoms with E-state index >= 15 is 0 Å². The van der Waals surface area contributed by atoms with Gasteiger partial charge in [-0.15, -0.1) is 0 Å². The first-order chi connectivity index (χ1) is 13.2. The number of rotatable bonds is 3. The third-order valence-electron chi connectivity index (χ3n) is 4.50. The Hall–Kier alpha value is -2.93. The number of hydrogen-bond acceptors (Lipinski definition) is 4. The Labute approximate surface area is 159 Å². The Morgan fingerprint density at radius 2 is 2.07 bits per heavy atom. The molecule has 6 nitrogen and oxygen atoms in total. The largest absolute Gasteiger partial charge is 0.435 e. The zero-order valence-corrected chi connectivity index (χ0v) is 14.7. The molecule has 0 spiro atoms. The van der Waals surface area contributed by atoms with E-state index < -0.39 is 29.2 Å². The second kappa shape index (κ2) is 6.31. The summed E-state index contributed by atoms with van der Waals surface area (Å²) in [6, 6.07) is 6.25. The highest BCUT2D eigenvalue weighted by molar-refractivity contribution is 6.29. The molecule has 1 aliphatic carbocycles. The number of fused-ring (bicyclic) bond motifs is 1. The first-order valence-electron chi connectivity index (χ1n) is 8.10.